The van der Waals surface area contributed by atoms with Gasteiger partial charge in [-0.05, 0) is 26.2 Å². The minimum Gasteiger partial charge on any atom is -0.463 e. The van der Waals surface area contributed by atoms with Gasteiger partial charge in [0.1, 0.15) is 5.76 Å². The molecule has 0 unspecified atom stereocenters. The van der Waals surface area contributed by atoms with Gasteiger partial charge in [0.05, 0.1) is 12.2 Å². The number of carbonyl (C=O) groups excluding carboxylic acids is 1. The van der Waals surface area contributed by atoms with Crippen LogP contribution in [0.25, 0.3) is 0 Å². The largest absolute Gasteiger partial charge is 0.534 e. The number of hydrogen-bond donors (Lipinski definition) is 0. The summed E-state index contributed by atoms with van der Waals surface area (Å²) in [6.45, 7) is 1.61. The van der Waals surface area contributed by atoms with Gasteiger partial charge in [-0.25, -0.2) is 4.79 Å². The zero-order chi connectivity index (χ0) is 18.9. The Bertz CT molecular complexity index is 567. The Kier molecular flexibility index (Phi) is 8.75. The molecule has 0 saturated carbocycles. The standard InChI is InChI=1S/C16H25F3O5S/c1-2-23-15(20)13-11-9-7-5-3-4-6-8-10-12-14(13)24-25(21,22)16(17,18)19/h2-12H2,1H3/b14-13-. The zero-order valence-electron chi connectivity index (χ0n) is 14.4. The lowest BCUT2D eigenvalue weighted by molar-refractivity contribution is -0.139. The van der Waals surface area contributed by atoms with Gasteiger partial charge in [0.2, 0.25) is 0 Å². The van der Waals surface area contributed by atoms with Gasteiger partial charge in [-0.15, -0.1) is 0 Å². The first-order valence-electron chi connectivity index (χ1n) is 8.59. The van der Waals surface area contributed by atoms with E-state index < -0.39 is 27.4 Å². The summed E-state index contributed by atoms with van der Waals surface area (Å²) in [7, 11) is -5.81. The second-order valence-corrected chi connectivity index (χ2v) is 7.47. The maximum atomic E-state index is 12.7. The van der Waals surface area contributed by atoms with Crippen molar-refractivity contribution in [1.29, 1.82) is 0 Å². The Balaban J connectivity index is 3.16. The van der Waals surface area contributed by atoms with E-state index in [2.05, 4.69) is 4.18 Å². The van der Waals surface area contributed by atoms with Gasteiger partial charge in [0.15, 0.2) is 0 Å². The highest BCUT2D eigenvalue weighted by molar-refractivity contribution is 7.87. The summed E-state index contributed by atoms with van der Waals surface area (Å²) >= 11 is 0. The summed E-state index contributed by atoms with van der Waals surface area (Å²) in [6.07, 6.45) is 6.64. The van der Waals surface area contributed by atoms with Crippen LogP contribution in [-0.2, 0) is 23.8 Å². The fourth-order valence-electron chi connectivity index (χ4n) is 2.64. The fraction of sp³-hybridized carbons (Fsp3) is 0.812. The molecule has 25 heavy (non-hydrogen) atoms. The van der Waals surface area contributed by atoms with E-state index in [4.69, 9.17) is 4.74 Å². The van der Waals surface area contributed by atoms with Crippen molar-refractivity contribution < 1.29 is 35.3 Å². The number of hydrogen-bond acceptors (Lipinski definition) is 5. The van der Waals surface area contributed by atoms with Crippen molar-refractivity contribution in [2.45, 2.75) is 76.6 Å². The van der Waals surface area contributed by atoms with Crippen LogP contribution < -0.4 is 0 Å². The van der Waals surface area contributed by atoms with E-state index in [1.807, 2.05) is 0 Å². The number of esters is 1. The van der Waals surface area contributed by atoms with E-state index in [0.29, 0.717) is 12.8 Å². The molecular formula is C16H25F3O5S. The molecule has 0 fully saturated rings. The molecule has 0 aromatic heterocycles. The number of rotatable bonds is 4. The summed E-state index contributed by atoms with van der Waals surface area (Å²) in [6, 6.07) is 0. The third-order valence-electron chi connectivity index (χ3n) is 3.93. The zero-order valence-corrected chi connectivity index (χ0v) is 15.2. The predicted octanol–water partition coefficient (Wildman–Crippen LogP) is 4.58. The van der Waals surface area contributed by atoms with Crippen LogP contribution in [0.4, 0.5) is 13.2 Å². The molecule has 5 nitrogen and oxygen atoms in total. The van der Waals surface area contributed by atoms with E-state index in [9.17, 15) is 26.4 Å². The number of halogens is 3. The minimum atomic E-state index is -5.81. The summed E-state index contributed by atoms with van der Waals surface area (Å²) < 4.78 is 70.0. The number of alkyl halides is 3. The Labute approximate surface area is 146 Å². The van der Waals surface area contributed by atoms with Crippen LogP contribution in [0.5, 0.6) is 0 Å². The van der Waals surface area contributed by atoms with Crippen LogP contribution >= 0.6 is 0 Å². The molecule has 0 aromatic rings. The van der Waals surface area contributed by atoms with Gasteiger partial charge in [0, 0.05) is 6.42 Å². The quantitative estimate of drug-likeness (QED) is 0.402. The molecule has 1 rings (SSSR count). The molecule has 0 radical (unpaired) electrons. The minimum absolute atomic E-state index is 0.0382. The van der Waals surface area contributed by atoms with Crippen LogP contribution in [0.1, 0.15) is 71.1 Å². The van der Waals surface area contributed by atoms with Crippen molar-refractivity contribution in [3.8, 4) is 0 Å². The maximum Gasteiger partial charge on any atom is 0.534 e. The van der Waals surface area contributed by atoms with Gasteiger partial charge in [-0.2, -0.15) is 21.6 Å². The summed E-state index contributed by atoms with van der Waals surface area (Å²) in [5, 5.41) is 0. The van der Waals surface area contributed by atoms with Crippen LogP contribution in [0.15, 0.2) is 11.3 Å². The molecule has 146 valence electrons. The van der Waals surface area contributed by atoms with Gasteiger partial charge in [-0.3, -0.25) is 0 Å². The molecule has 0 N–H and O–H groups in total. The summed E-state index contributed by atoms with van der Waals surface area (Å²) in [5.74, 6) is -1.25. The van der Waals surface area contributed by atoms with Crippen molar-refractivity contribution in [3.05, 3.63) is 11.3 Å². The van der Waals surface area contributed by atoms with Gasteiger partial charge in [-0.1, -0.05) is 38.5 Å². The molecule has 1 aliphatic carbocycles. The van der Waals surface area contributed by atoms with Gasteiger partial charge < -0.3 is 8.92 Å². The second-order valence-electron chi connectivity index (χ2n) is 5.93. The van der Waals surface area contributed by atoms with E-state index in [1.54, 1.807) is 6.92 Å². The third kappa shape index (κ3) is 7.25. The molecule has 0 saturated heterocycles. The normalized spacial score (nSPS) is 21.8. The molecular weight excluding hydrogens is 361 g/mol. The lowest BCUT2D eigenvalue weighted by Gasteiger charge is -2.17. The van der Waals surface area contributed by atoms with Crippen LogP contribution in [0.3, 0.4) is 0 Å². The van der Waals surface area contributed by atoms with E-state index in [0.717, 1.165) is 38.5 Å². The molecule has 9 heteroatoms. The number of carbonyl (C=O) groups is 1. The predicted molar refractivity (Wildman–Crippen MR) is 85.9 cm³/mol. The average molecular weight is 386 g/mol. The van der Waals surface area contributed by atoms with Crippen molar-refractivity contribution >= 4 is 16.1 Å². The Morgan fingerprint density at radius 1 is 0.960 bits per heavy atom. The SMILES string of the molecule is CCOC(=O)/C1=C(\OS(=O)(=O)C(F)(F)F)CCCCCCCCCC1. The van der Waals surface area contributed by atoms with E-state index >= 15 is 0 Å². The Hall–Kier alpha value is -1.25. The van der Waals surface area contributed by atoms with E-state index in [1.165, 1.54) is 0 Å². The maximum absolute atomic E-state index is 12.7. The topological polar surface area (TPSA) is 69.7 Å². The molecule has 0 heterocycles. The van der Waals surface area contributed by atoms with Gasteiger partial charge >= 0.3 is 21.6 Å². The second kappa shape index (κ2) is 10.0. The first-order valence-corrected chi connectivity index (χ1v) is 9.99. The van der Waals surface area contributed by atoms with Crippen molar-refractivity contribution in [2.75, 3.05) is 6.61 Å². The van der Waals surface area contributed by atoms with Crippen LogP contribution in [0, 0.1) is 0 Å². The van der Waals surface area contributed by atoms with Crippen LogP contribution in [-0.4, -0.2) is 26.5 Å². The highest BCUT2D eigenvalue weighted by Crippen LogP contribution is 2.31. The first kappa shape index (κ1) is 21.8. The average Bonchev–Trinajstić information content (AvgIpc) is 2.49. The molecule has 0 spiro atoms. The smallest absolute Gasteiger partial charge is 0.463 e. The van der Waals surface area contributed by atoms with Crippen molar-refractivity contribution in [1.82, 2.24) is 0 Å². The lowest BCUT2D eigenvalue weighted by atomic mass is 9.99. The molecule has 0 atom stereocenters. The summed E-state index contributed by atoms with van der Waals surface area (Å²) in [5.41, 5.74) is -5.64. The van der Waals surface area contributed by atoms with Gasteiger partial charge in [0.25, 0.3) is 0 Å². The van der Waals surface area contributed by atoms with Crippen molar-refractivity contribution in [2.24, 2.45) is 0 Å². The molecule has 0 aromatic carbocycles. The lowest BCUT2D eigenvalue weighted by Crippen LogP contribution is -2.26. The molecule has 0 bridgehead atoms. The summed E-state index contributed by atoms with van der Waals surface area (Å²) in [4.78, 5) is 12.1. The Morgan fingerprint density at radius 3 is 1.92 bits per heavy atom. The molecule has 0 aliphatic heterocycles. The Morgan fingerprint density at radius 2 is 1.44 bits per heavy atom. The van der Waals surface area contributed by atoms with Crippen LogP contribution in [0.2, 0.25) is 0 Å². The van der Waals surface area contributed by atoms with Crippen molar-refractivity contribution in [3.63, 3.8) is 0 Å². The molecule has 1 aliphatic rings. The number of ether oxygens (including phenoxy) is 1. The highest BCUT2D eigenvalue weighted by atomic mass is 32.2. The fourth-order valence-corrected chi connectivity index (χ4v) is 3.19. The first-order chi connectivity index (χ1) is 11.7. The van der Waals surface area contributed by atoms with E-state index in [-0.39, 0.29) is 25.0 Å². The third-order valence-corrected chi connectivity index (χ3v) is 4.92. The highest BCUT2D eigenvalue weighted by Gasteiger charge is 2.49. The monoisotopic (exact) mass is 386 g/mol. The molecule has 0 amide bonds. The number of allylic oxidation sites excluding steroid dienone is 1.